The molecule has 0 unspecified atom stereocenters. The van der Waals surface area contributed by atoms with E-state index < -0.39 is 11.6 Å². The number of nitrogens with zero attached hydrogens (tertiary/aromatic N) is 5. The van der Waals surface area contributed by atoms with Crippen molar-refractivity contribution in [1.29, 1.82) is 0 Å². The number of halogens is 2. The Bertz CT molecular complexity index is 1080. The van der Waals surface area contributed by atoms with Gasteiger partial charge < -0.3 is 14.0 Å². The molecule has 4 heterocycles. The van der Waals surface area contributed by atoms with Gasteiger partial charge in [0.05, 0.1) is 19.2 Å². The molecule has 1 aromatic carbocycles. The Balaban J connectivity index is 1.12. The lowest BCUT2D eigenvalue weighted by Crippen LogP contribution is -2.39. The van der Waals surface area contributed by atoms with Gasteiger partial charge in [0.25, 0.3) is 0 Å². The molecule has 0 saturated carbocycles. The van der Waals surface area contributed by atoms with Crippen LogP contribution in [0.5, 0.6) is 5.88 Å². The van der Waals surface area contributed by atoms with Crippen LogP contribution in [0, 0.1) is 11.6 Å². The zero-order chi connectivity index (χ0) is 22.6. The van der Waals surface area contributed by atoms with E-state index in [2.05, 4.69) is 24.4 Å². The minimum atomic E-state index is -0.600. The predicted octanol–water partition coefficient (Wildman–Crippen LogP) is 3.37. The summed E-state index contributed by atoms with van der Waals surface area (Å²) in [5, 5.41) is 0. The summed E-state index contributed by atoms with van der Waals surface area (Å²) in [5.41, 5.74) is 0.351. The highest BCUT2D eigenvalue weighted by Gasteiger charge is 2.24. The van der Waals surface area contributed by atoms with Crippen molar-refractivity contribution >= 4 is 0 Å². The summed E-state index contributed by atoms with van der Waals surface area (Å²) in [6, 6.07) is 5.25. The Hall–Kier alpha value is -2.91. The zero-order valence-electron chi connectivity index (χ0n) is 18.4. The van der Waals surface area contributed by atoms with E-state index >= 15 is 0 Å². The van der Waals surface area contributed by atoms with Crippen molar-refractivity contribution in [3.8, 4) is 5.88 Å². The van der Waals surface area contributed by atoms with Gasteiger partial charge in [-0.05, 0) is 30.9 Å². The summed E-state index contributed by atoms with van der Waals surface area (Å²) < 4.78 is 40.9. The van der Waals surface area contributed by atoms with Crippen molar-refractivity contribution in [2.24, 2.45) is 0 Å². The molecule has 174 valence electrons. The molecule has 0 spiro atoms. The SMILES string of the molecule is Fc1ccc(Cc2nccc(OC3CCN(Cc4nccn4C[C@@H]4CCO4)CC3)n2)c(F)c1. The van der Waals surface area contributed by atoms with Crippen LogP contribution in [0.3, 0.4) is 0 Å². The molecule has 0 N–H and O–H groups in total. The molecule has 0 amide bonds. The standard InChI is InChI=1S/C24H27F2N5O2/c25-18-2-1-17(21(26)14-18)13-22-27-7-3-24(29-22)33-19-4-9-30(10-5-19)16-23-28-8-11-31(23)15-20-6-12-32-20/h1-3,7-8,11,14,19-20H,4-6,9-10,12-13,15-16H2/t20-/m0/s1. The first kappa shape index (κ1) is 21.9. The van der Waals surface area contributed by atoms with Crippen molar-refractivity contribution in [3.63, 3.8) is 0 Å². The van der Waals surface area contributed by atoms with Crippen LogP contribution in [0.2, 0.25) is 0 Å². The minimum absolute atomic E-state index is 0.0645. The normalized spacial score (nSPS) is 19.4. The van der Waals surface area contributed by atoms with Crippen LogP contribution in [-0.2, 0) is 24.2 Å². The molecule has 3 aromatic rings. The molecule has 33 heavy (non-hydrogen) atoms. The van der Waals surface area contributed by atoms with Gasteiger partial charge in [0, 0.05) is 56.8 Å². The Morgan fingerprint density at radius 2 is 1.91 bits per heavy atom. The third-order valence-electron chi connectivity index (χ3n) is 6.23. The van der Waals surface area contributed by atoms with Crippen molar-refractivity contribution < 1.29 is 18.3 Å². The zero-order valence-corrected chi connectivity index (χ0v) is 18.4. The van der Waals surface area contributed by atoms with E-state index in [9.17, 15) is 8.78 Å². The largest absolute Gasteiger partial charge is 0.474 e. The van der Waals surface area contributed by atoms with E-state index in [0.29, 0.717) is 23.4 Å². The minimum Gasteiger partial charge on any atom is -0.474 e. The number of aromatic nitrogens is 4. The van der Waals surface area contributed by atoms with Crippen molar-refractivity contribution in [2.75, 3.05) is 19.7 Å². The molecule has 0 radical (unpaired) electrons. The van der Waals surface area contributed by atoms with Gasteiger partial charge in [-0.3, -0.25) is 4.90 Å². The van der Waals surface area contributed by atoms with Crippen molar-refractivity contribution in [1.82, 2.24) is 24.4 Å². The number of rotatable bonds is 8. The molecule has 5 rings (SSSR count). The molecular weight excluding hydrogens is 428 g/mol. The van der Waals surface area contributed by atoms with Gasteiger partial charge in [0.15, 0.2) is 0 Å². The Kier molecular flexibility index (Phi) is 6.59. The topological polar surface area (TPSA) is 65.3 Å². The highest BCUT2D eigenvalue weighted by Crippen LogP contribution is 2.20. The summed E-state index contributed by atoms with van der Waals surface area (Å²) in [7, 11) is 0. The van der Waals surface area contributed by atoms with Crippen molar-refractivity contribution in [2.45, 2.75) is 51.0 Å². The number of imidazole rings is 1. The van der Waals surface area contributed by atoms with E-state index in [4.69, 9.17) is 9.47 Å². The average molecular weight is 456 g/mol. The number of ether oxygens (including phenoxy) is 2. The van der Waals surface area contributed by atoms with Gasteiger partial charge in [0.1, 0.15) is 29.4 Å². The number of benzene rings is 1. The first-order valence-corrected chi connectivity index (χ1v) is 11.4. The molecule has 7 nitrogen and oxygen atoms in total. The molecule has 9 heteroatoms. The van der Waals surface area contributed by atoms with Gasteiger partial charge in [-0.1, -0.05) is 6.07 Å². The average Bonchev–Trinajstić information content (AvgIpc) is 3.21. The summed E-state index contributed by atoms with van der Waals surface area (Å²) in [6.45, 7) is 4.37. The molecule has 0 aliphatic carbocycles. The second kappa shape index (κ2) is 9.93. The fourth-order valence-electron chi connectivity index (χ4n) is 4.23. The van der Waals surface area contributed by atoms with Crippen molar-refractivity contribution in [3.05, 3.63) is 71.7 Å². The Morgan fingerprint density at radius 1 is 1.06 bits per heavy atom. The van der Waals surface area contributed by atoms with E-state index in [0.717, 1.165) is 63.9 Å². The second-order valence-electron chi connectivity index (χ2n) is 8.59. The lowest BCUT2D eigenvalue weighted by Gasteiger charge is -2.32. The van der Waals surface area contributed by atoms with Gasteiger partial charge in [0.2, 0.25) is 5.88 Å². The molecule has 0 bridgehead atoms. The predicted molar refractivity (Wildman–Crippen MR) is 117 cm³/mol. The number of piperidine rings is 1. The molecule has 2 aliphatic rings. The molecule has 2 aromatic heterocycles. The summed E-state index contributed by atoms with van der Waals surface area (Å²) in [5.74, 6) is 0.795. The lowest BCUT2D eigenvalue weighted by molar-refractivity contribution is -0.0598. The monoisotopic (exact) mass is 455 g/mol. The molecule has 2 fully saturated rings. The fraction of sp³-hybridized carbons (Fsp3) is 0.458. The van der Waals surface area contributed by atoms with E-state index in [-0.39, 0.29) is 12.5 Å². The number of hydrogen-bond donors (Lipinski definition) is 0. The maximum absolute atomic E-state index is 13.9. The van der Waals surface area contributed by atoms with Gasteiger partial charge in [-0.25, -0.2) is 18.7 Å². The summed E-state index contributed by atoms with van der Waals surface area (Å²) >= 11 is 0. The fourth-order valence-corrected chi connectivity index (χ4v) is 4.23. The Labute approximate surface area is 191 Å². The smallest absolute Gasteiger partial charge is 0.216 e. The lowest BCUT2D eigenvalue weighted by atomic mass is 10.1. The first-order chi connectivity index (χ1) is 16.1. The summed E-state index contributed by atoms with van der Waals surface area (Å²) in [6.07, 6.45) is 8.94. The molecular formula is C24H27F2N5O2. The highest BCUT2D eigenvalue weighted by atomic mass is 19.1. The van der Waals surface area contributed by atoms with E-state index in [1.807, 2.05) is 12.4 Å². The van der Waals surface area contributed by atoms with Crippen LogP contribution in [-0.4, -0.2) is 56.3 Å². The molecule has 2 saturated heterocycles. The first-order valence-electron chi connectivity index (χ1n) is 11.4. The third-order valence-corrected chi connectivity index (χ3v) is 6.23. The maximum atomic E-state index is 13.9. The Morgan fingerprint density at radius 3 is 2.67 bits per heavy atom. The van der Waals surface area contributed by atoms with Crippen LogP contribution in [0.15, 0.2) is 42.9 Å². The number of likely N-dealkylation sites (tertiary alicyclic amines) is 1. The van der Waals surface area contributed by atoms with Crippen LogP contribution >= 0.6 is 0 Å². The van der Waals surface area contributed by atoms with Gasteiger partial charge >= 0.3 is 0 Å². The van der Waals surface area contributed by atoms with Crippen LogP contribution in [0.1, 0.15) is 36.5 Å². The van der Waals surface area contributed by atoms with E-state index in [1.54, 1.807) is 12.3 Å². The highest BCUT2D eigenvalue weighted by molar-refractivity contribution is 5.23. The van der Waals surface area contributed by atoms with E-state index in [1.165, 1.54) is 12.1 Å². The van der Waals surface area contributed by atoms with Crippen LogP contribution < -0.4 is 4.74 Å². The molecule has 2 aliphatic heterocycles. The number of hydrogen-bond acceptors (Lipinski definition) is 6. The van der Waals surface area contributed by atoms with Crippen LogP contribution in [0.4, 0.5) is 8.78 Å². The summed E-state index contributed by atoms with van der Waals surface area (Å²) in [4.78, 5) is 15.6. The van der Waals surface area contributed by atoms with Gasteiger partial charge in [-0.15, -0.1) is 0 Å². The maximum Gasteiger partial charge on any atom is 0.216 e. The van der Waals surface area contributed by atoms with Gasteiger partial charge in [-0.2, -0.15) is 4.98 Å². The van der Waals surface area contributed by atoms with Crippen LogP contribution in [0.25, 0.3) is 0 Å². The third kappa shape index (κ3) is 5.54. The quantitative estimate of drug-likeness (QED) is 0.519. The molecule has 1 atom stereocenters. The second-order valence-corrected chi connectivity index (χ2v) is 8.59.